The summed E-state index contributed by atoms with van der Waals surface area (Å²) in [4.78, 5) is 0. The molecule has 0 nitrogen and oxygen atoms in total. The summed E-state index contributed by atoms with van der Waals surface area (Å²) in [5, 5.41) is 0. The molecule has 3 aliphatic carbocycles. The van der Waals surface area contributed by atoms with E-state index < -0.39 is 0 Å². The SMILES string of the molecule is C=C1/C(=C\C2C=CC=C2)C2CCC1(C)C2(C)C. The Morgan fingerprint density at radius 1 is 1.24 bits per heavy atom. The normalized spacial score (nSPS) is 41.0. The van der Waals surface area contributed by atoms with E-state index in [2.05, 4.69) is 57.7 Å². The molecule has 2 fully saturated rings. The van der Waals surface area contributed by atoms with Crippen LogP contribution in [0.1, 0.15) is 33.6 Å². The summed E-state index contributed by atoms with van der Waals surface area (Å²) in [5.74, 6) is 1.22. The molecule has 0 aromatic carbocycles. The average Bonchev–Trinajstić information content (AvgIpc) is 2.87. The van der Waals surface area contributed by atoms with Crippen LogP contribution in [0.15, 0.2) is 48.1 Å². The highest BCUT2D eigenvalue weighted by molar-refractivity contribution is 5.49. The van der Waals surface area contributed by atoms with E-state index in [1.165, 1.54) is 18.4 Å². The molecule has 2 unspecified atom stereocenters. The summed E-state index contributed by atoms with van der Waals surface area (Å²) >= 11 is 0. The molecule has 0 aromatic heterocycles. The van der Waals surface area contributed by atoms with Crippen LogP contribution >= 0.6 is 0 Å². The number of hydrogen-bond donors (Lipinski definition) is 0. The lowest BCUT2D eigenvalue weighted by atomic mass is 9.69. The summed E-state index contributed by atoms with van der Waals surface area (Å²) in [5.41, 5.74) is 3.68. The van der Waals surface area contributed by atoms with Gasteiger partial charge in [-0.1, -0.05) is 57.7 Å². The fourth-order valence-electron chi connectivity index (χ4n) is 4.10. The molecule has 0 spiro atoms. The first-order valence-electron chi connectivity index (χ1n) is 6.73. The van der Waals surface area contributed by atoms with Crippen molar-refractivity contribution < 1.29 is 0 Å². The lowest BCUT2D eigenvalue weighted by molar-refractivity contribution is 0.183. The molecule has 2 atom stereocenters. The van der Waals surface area contributed by atoms with E-state index in [4.69, 9.17) is 0 Å². The molecule has 0 heterocycles. The van der Waals surface area contributed by atoms with Crippen LogP contribution in [0.4, 0.5) is 0 Å². The van der Waals surface area contributed by atoms with Crippen LogP contribution < -0.4 is 0 Å². The van der Waals surface area contributed by atoms with Gasteiger partial charge in [-0.05, 0) is 40.7 Å². The van der Waals surface area contributed by atoms with Gasteiger partial charge in [-0.15, -0.1) is 0 Å². The Kier molecular flexibility index (Phi) is 2.12. The van der Waals surface area contributed by atoms with E-state index in [0.717, 1.165) is 5.92 Å². The fraction of sp³-hybridized carbons (Fsp3) is 0.529. The van der Waals surface area contributed by atoms with Crippen molar-refractivity contribution in [3.8, 4) is 0 Å². The van der Waals surface area contributed by atoms with Crippen LogP contribution in [0.3, 0.4) is 0 Å². The van der Waals surface area contributed by atoms with Crippen LogP contribution in [0, 0.1) is 22.7 Å². The predicted molar refractivity (Wildman–Crippen MR) is 73.6 cm³/mol. The van der Waals surface area contributed by atoms with Gasteiger partial charge in [0, 0.05) is 5.92 Å². The standard InChI is InChI=1S/C17H22/c1-12-14(11-13-7-5-6-8-13)15-9-10-17(12,4)16(15,2)3/h5-8,11,13,15H,1,9-10H2,2-4H3/b14-11+. The van der Waals surface area contributed by atoms with E-state index in [0.29, 0.717) is 16.7 Å². The van der Waals surface area contributed by atoms with E-state index in [-0.39, 0.29) is 0 Å². The molecule has 3 aliphatic rings. The number of hydrogen-bond acceptors (Lipinski definition) is 0. The van der Waals surface area contributed by atoms with Crippen LogP contribution in [0.2, 0.25) is 0 Å². The molecule has 0 aliphatic heterocycles. The minimum atomic E-state index is 0.329. The highest BCUT2D eigenvalue weighted by Crippen LogP contribution is 2.69. The molecular formula is C17H22. The molecule has 2 saturated carbocycles. The topological polar surface area (TPSA) is 0 Å². The monoisotopic (exact) mass is 226 g/mol. The maximum Gasteiger partial charge on any atom is 0.0139 e. The molecule has 90 valence electrons. The minimum Gasteiger partial charge on any atom is -0.0950 e. The summed E-state index contributed by atoms with van der Waals surface area (Å²) in [6.07, 6.45) is 13.9. The Morgan fingerprint density at radius 2 is 1.88 bits per heavy atom. The van der Waals surface area contributed by atoms with Crippen LogP contribution in [-0.4, -0.2) is 0 Å². The van der Waals surface area contributed by atoms with Crippen LogP contribution in [0.5, 0.6) is 0 Å². The maximum atomic E-state index is 4.41. The molecule has 17 heavy (non-hydrogen) atoms. The van der Waals surface area contributed by atoms with Crippen molar-refractivity contribution >= 4 is 0 Å². The second kappa shape index (κ2) is 3.25. The molecule has 0 saturated heterocycles. The first-order valence-corrected chi connectivity index (χ1v) is 6.73. The van der Waals surface area contributed by atoms with Crippen molar-refractivity contribution in [3.63, 3.8) is 0 Å². The van der Waals surface area contributed by atoms with Crippen molar-refractivity contribution in [2.24, 2.45) is 22.7 Å². The van der Waals surface area contributed by atoms with Crippen molar-refractivity contribution in [2.45, 2.75) is 33.6 Å². The van der Waals surface area contributed by atoms with E-state index in [1.54, 1.807) is 5.57 Å². The largest absolute Gasteiger partial charge is 0.0950 e. The molecule has 0 amide bonds. The molecule has 0 aromatic rings. The van der Waals surface area contributed by atoms with Crippen LogP contribution in [-0.2, 0) is 0 Å². The van der Waals surface area contributed by atoms with E-state index in [9.17, 15) is 0 Å². The van der Waals surface area contributed by atoms with Gasteiger partial charge in [0.25, 0.3) is 0 Å². The smallest absolute Gasteiger partial charge is 0.0139 e. The molecular weight excluding hydrogens is 204 g/mol. The predicted octanol–water partition coefficient (Wildman–Crippen LogP) is 4.67. The Labute approximate surface area is 105 Å². The third-order valence-electron chi connectivity index (χ3n) is 5.77. The van der Waals surface area contributed by atoms with Gasteiger partial charge in [0.2, 0.25) is 0 Å². The fourth-order valence-corrected chi connectivity index (χ4v) is 4.10. The van der Waals surface area contributed by atoms with Gasteiger partial charge in [0.05, 0.1) is 0 Å². The van der Waals surface area contributed by atoms with Gasteiger partial charge in [-0.3, -0.25) is 0 Å². The van der Waals surface area contributed by atoms with Crippen molar-refractivity contribution in [1.82, 2.24) is 0 Å². The molecule has 0 radical (unpaired) electrons. The Hall–Kier alpha value is -1.04. The van der Waals surface area contributed by atoms with Crippen molar-refractivity contribution in [2.75, 3.05) is 0 Å². The summed E-state index contributed by atoms with van der Waals surface area (Å²) < 4.78 is 0. The highest BCUT2D eigenvalue weighted by atomic mass is 14.6. The Bertz CT molecular complexity index is 446. The second-order valence-electron chi connectivity index (χ2n) is 6.59. The zero-order valence-corrected chi connectivity index (χ0v) is 11.2. The van der Waals surface area contributed by atoms with Crippen molar-refractivity contribution in [1.29, 1.82) is 0 Å². The quantitative estimate of drug-likeness (QED) is 0.609. The van der Waals surface area contributed by atoms with Crippen LogP contribution in [0.25, 0.3) is 0 Å². The molecule has 0 heteroatoms. The maximum absolute atomic E-state index is 4.41. The van der Waals surface area contributed by atoms with Gasteiger partial charge < -0.3 is 0 Å². The number of allylic oxidation sites excluding steroid dienone is 7. The first kappa shape index (κ1) is 11.1. The molecule has 2 bridgehead atoms. The van der Waals surface area contributed by atoms with Gasteiger partial charge in [-0.25, -0.2) is 0 Å². The number of fused-ring (bicyclic) bond motifs is 2. The lowest BCUT2D eigenvalue weighted by Gasteiger charge is -2.34. The van der Waals surface area contributed by atoms with Gasteiger partial charge >= 0.3 is 0 Å². The minimum absolute atomic E-state index is 0.329. The number of rotatable bonds is 1. The summed E-state index contributed by atoms with van der Waals surface area (Å²) in [6.45, 7) is 11.7. The third kappa shape index (κ3) is 1.24. The van der Waals surface area contributed by atoms with Gasteiger partial charge in [0.1, 0.15) is 0 Å². The highest BCUT2D eigenvalue weighted by Gasteiger charge is 2.60. The average molecular weight is 226 g/mol. The summed E-state index contributed by atoms with van der Waals surface area (Å²) in [7, 11) is 0. The van der Waals surface area contributed by atoms with E-state index in [1.807, 2.05) is 0 Å². The van der Waals surface area contributed by atoms with Gasteiger partial charge in [0.15, 0.2) is 0 Å². The van der Waals surface area contributed by atoms with Crippen molar-refractivity contribution in [3.05, 3.63) is 48.1 Å². The Balaban J connectivity index is 2.02. The van der Waals surface area contributed by atoms with E-state index >= 15 is 0 Å². The molecule has 0 N–H and O–H groups in total. The zero-order chi connectivity index (χ0) is 12.3. The Morgan fingerprint density at radius 3 is 2.41 bits per heavy atom. The zero-order valence-electron chi connectivity index (χ0n) is 11.2. The molecule has 3 rings (SSSR count). The summed E-state index contributed by atoms with van der Waals surface area (Å²) in [6, 6.07) is 0. The first-order chi connectivity index (χ1) is 7.97. The lowest BCUT2D eigenvalue weighted by Crippen LogP contribution is -2.27. The van der Waals surface area contributed by atoms with Gasteiger partial charge in [-0.2, -0.15) is 0 Å². The third-order valence-corrected chi connectivity index (χ3v) is 5.77. The second-order valence-corrected chi connectivity index (χ2v) is 6.59.